The molecule has 1 aliphatic carbocycles. The van der Waals surface area contributed by atoms with E-state index in [1.165, 1.54) is 12.8 Å². The number of nitrogens with one attached hydrogen (secondary N) is 1. The molecule has 100 valence electrons. The average molecular weight is 272 g/mol. The molecule has 5 nitrogen and oxygen atoms in total. The van der Waals surface area contributed by atoms with Crippen molar-refractivity contribution >= 4 is 17.4 Å². The van der Waals surface area contributed by atoms with Gasteiger partial charge in [-0.25, -0.2) is 9.97 Å². The number of rotatable bonds is 8. The highest BCUT2D eigenvalue weighted by atomic mass is 35.5. The smallest absolute Gasteiger partial charge is 0.158 e. The van der Waals surface area contributed by atoms with E-state index in [1.807, 2.05) is 0 Å². The van der Waals surface area contributed by atoms with E-state index in [9.17, 15) is 0 Å². The van der Waals surface area contributed by atoms with Crippen LogP contribution in [-0.4, -0.2) is 36.8 Å². The van der Waals surface area contributed by atoms with Gasteiger partial charge in [-0.05, 0) is 18.8 Å². The molecule has 0 spiro atoms. The van der Waals surface area contributed by atoms with Crippen molar-refractivity contribution in [3.63, 3.8) is 0 Å². The molecule has 0 amide bonds. The summed E-state index contributed by atoms with van der Waals surface area (Å²) in [4.78, 5) is 8.34. The first-order chi connectivity index (χ1) is 8.78. The van der Waals surface area contributed by atoms with Crippen molar-refractivity contribution < 1.29 is 9.47 Å². The Balaban J connectivity index is 1.72. The zero-order valence-corrected chi connectivity index (χ0v) is 11.2. The molecule has 0 atom stereocenters. The third-order valence-electron chi connectivity index (χ3n) is 2.62. The molecule has 6 heteroatoms. The van der Waals surface area contributed by atoms with Gasteiger partial charge in [-0.2, -0.15) is 0 Å². The first kappa shape index (κ1) is 13.5. The molecular weight excluding hydrogens is 254 g/mol. The number of nitrogens with zero attached hydrogens (tertiary/aromatic N) is 2. The van der Waals surface area contributed by atoms with Crippen LogP contribution in [0.3, 0.4) is 0 Å². The topological polar surface area (TPSA) is 56.3 Å². The minimum absolute atomic E-state index is 0.355. The molecule has 0 saturated heterocycles. The molecule has 1 N–H and O–H groups in total. The lowest BCUT2D eigenvalue weighted by atomic mass is 10.5. The van der Waals surface area contributed by atoms with Gasteiger partial charge in [0.25, 0.3) is 0 Å². The largest absolute Gasteiger partial charge is 0.379 e. The Labute approximate surface area is 112 Å². The maximum Gasteiger partial charge on any atom is 0.158 e. The normalized spacial score (nSPS) is 14.8. The van der Waals surface area contributed by atoms with E-state index in [0.29, 0.717) is 36.6 Å². The second kappa shape index (κ2) is 6.87. The standard InChI is InChI=1S/C12H18ClN3O2/c1-17-8-12-15-10(13)6-11(16-12)14-4-5-18-7-9-2-3-9/h6,9H,2-5,7-8H2,1H3,(H,14,15,16). The SMILES string of the molecule is COCc1nc(Cl)cc(NCCOCC2CC2)n1. The number of ether oxygens (including phenoxy) is 2. The maximum atomic E-state index is 5.90. The van der Waals surface area contributed by atoms with Crippen LogP contribution < -0.4 is 5.32 Å². The Kier molecular flexibility index (Phi) is 5.16. The molecule has 0 aliphatic heterocycles. The van der Waals surface area contributed by atoms with E-state index in [0.717, 1.165) is 12.5 Å². The van der Waals surface area contributed by atoms with E-state index in [4.69, 9.17) is 21.1 Å². The van der Waals surface area contributed by atoms with Crippen LogP contribution in [0.4, 0.5) is 5.82 Å². The fourth-order valence-corrected chi connectivity index (χ4v) is 1.74. The molecular formula is C12H18ClN3O2. The van der Waals surface area contributed by atoms with Crippen LogP contribution in [0, 0.1) is 5.92 Å². The first-order valence-corrected chi connectivity index (χ1v) is 6.49. The lowest BCUT2D eigenvalue weighted by Crippen LogP contribution is -2.12. The zero-order valence-electron chi connectivity index (χ0n) is 10.5. The number of hydrogen-bond acceptors (Lipinski definition) is 5. The summed E-state index contributed by atoms with van der Waals surface area (Å²) >= 11 is 5.90. The molecule has 1 aromatic heterocycles. The lowest BCUT2D eigenvalue weighted by Gasteiger charge is -2.08. The summed E-state index contributed by atoms with van der Waals surface area (Å²) < 4.78 is 10.5. The Bertz CT molecular complexity index is 386. The van der Waals surface area contributed by atoms with Crippen LogP contribution in [0.1, 0.15) is 18.7 Å². The molecule has 0 aromatic carbocycles. The minimum Gasteiger partial charge on any atom is -0.379 e. The lowest BCUT2D eigenvalue weighted by molar-refractivity contribution is 0.134. The second-order valence-corrected chi connectivity index (χ2v) is 4.76. The fourth-order valence-electron chi connectivity index (χ4n) is 1.53. The number of anilines is 1. The van der Waals surface area contributed by atoms with E-state index in [-0.39, 0.29) is 0 Å². The summed E-state index contributed by atoms with van der Waals surface area (Å²) in [7, 11) is 1.60. The molecule has 1 aliphatic rings. The fraction of sp³-hybridized carbons (Fsp3) is 0.667. The Morgan fingerprint density at radius 1 is 1.44 bits per heavy atom. The zero-order chi connectivity index (χ0) is 12.8. The maximum absolute atomic E-state index is 5.90. The van der Waals surface area contributed by atoms with E-state index >= 15 is 0 Å². The van der Waals surface area contributed by atoms with Crippen molar-refractivity contribution in [2.24, 2.45) is 5.92 Å². The Morgan fingerprint density at radius 3 is 3.00 bits per heavy atom. The molecule has 0 radical (unpaired) electrons. The van der Waals surface area contributed by atoms with Crippen molar-refractivity contribution in [2.45, 2.75) is 19.4 Å². The highest BCUT2D eigenvalue weighted by Gasteiger charge is 2.20. The average Bonchev–Trinajstić information content (AvgIpc) is 3.12. The summed E-state index contributed by atoms with van der Waals surface area (Å²) in [6.07, 6.45) is 2.63. The van der Waals surface area contributed by atoms with Crippen molar-refractivity contribution in [2.75, 3.05) is 32.2 Å². The summed E-state index contributed by atoms with van der Waals surface area (Å²) in [6.45, 7) is 2.62. The molecule has 0 bridgehead atoms. The van der Waals surface area contributed by atoms with E-state index < -0.39 is 0 Å². The van der Waals surface area contributed by atoms with Gasteiger partial charge in [0.1, 0.15) is 17.6 Å². The predicted octanol–water partition coefficient (Wildman–Crippen LogP) is 2.11. The quantitative estimate of drug-likeness (QED) is 0.580. The number of halogens is 1. The van der Waals surface area contributed by atoms with Gasteiger partial charge in [0.2, 0.25) is 0 Å². The molecule has 1 aromatic rings. The van der Waals surface area contributed by atoms with Crippen molar-refractivity contribution in [3.05, 3.63) is 17.0 Å². The summed E-state index contributed by atoms with van der Waals surface area (Å²) in [6, 6.07) is 1.70. The van der Waals surface area contributed by atoms with Crippen LogP contribution >= 0.6 is 11.6 Å². The highest BCUT2D eigenvalue weighted by molar-refractivity contribution is 6.29. The van der Waals surface area contributed by atoms with Crippen LogP contribution in [0.25, 0.3) is 0 Å². The molecule has 2 rings (SSSR count). The van der Waals surface area contributed by atoms with Gasteiger partial charge >= 0.3 is 0 Å². The third kappa shape index (κ3) is 4.76. The first-order valence-electron chi connectivity index (χ1n) is 6.12. The van der Waals surface area contributed by atoms with Gasteiger partial charge < -0.3 is 14.8 Å². The van der Waals surface area contributed by atoms with Crippen LogP contribution in [-0.2, 0) is 16.1 Å². The molecule has 1 heterocycles. The van der Waals surface area contributed by atoms with Crippen molar-refractivity contribution in [1.29, 1.82) is 0 Å². The summed E-state index contributed by atoms with van der Waals surface area (Å²) in [5.74, 6) is 2.08. The number of methoxy groups -OCH3 is 1. The molecule has 0 unspecified atom stereocenters. The van der Waals surface area contributed by atoms with Gasteiger partial charge in [0.15, 0.2) is 5.82 Å². The van der Waals surface area contributed by atoms with Gasteiger partial charge in [-0.15, -0.1) is 0 Å². The number of hydrogen-bond donors (Lipinski definition) is 1. The molecule has 1 saturated carbocycles. The Hall–Kier alpha value is -0.910. The van der Waals surface area contributed by atoms with Crippen LogP contribution in [0.2, 0.25) is 5.15 Å². The summed E-state index contributed by atoms with van der Waals surface area (Å²) in [5, 5.41) is 3.58. The van der Waals surface area contributed by atoms with Gasteiger partial charge in [0, 0.05) is 26.3 Å². The van der Waals surface area contributed by atoms with Gasteiger partial charge in [-0.1, -0.05) is 11.6 Å². The van der Waals surface area contributed by atoms with Gasteiger partial charge in [-0.3, -0.25) is 0 Å². The number of aromatic nitrogens is 2. The highest BCUT2D eigenvalue weighted by Crippen LogP contribution is 2.28. The molecule has 1 fully saturated rings. The van der Waals surface area contributed by atoms with Gasteiger partial charge in [0.05, 0.1) is 6.61 Å². The minimum atomic E-state index is 0.355. The van der Waals surface area contributed by atoms with Crippen LogP contribution in [0.5, 0.6) is 0 Å². The summed E-state index contributed by atoms with van der Waals surface area (Å²) in [5.41, 5.74) is 0. The van der Waals surface area contributed by atoms with Crippen molar-refractivity contribution in [3.8, 4) is 0 Å². The molecule has 18 heavy (non-hydrogen) atoms. The predicted molar refractivity (Wildman–Crippen MR) is 69.8 cm³/mol. The van der Waals surface area contributed by atoms with E-state index in [1.54, 1.807) is 13.2 Å². The third-order valence-corrected chi connectivity index (χ3v) is 2.81. The Morgan fingerprint density at radius 2 is 2.28 bits per heavy atom. The van der Waals surface area contributed by atoms with Crippen LogP contribution in [0.15, 0.2) is 6.07 Å². The van der Waals surface area contributed by atoms with Crippen molar-refractivity contribution in [1.82, 2.24) is 9.97 Å². The second-order valence-electron chi connectivity index (χ2n) is 4.37. The monoisotopic (exact) mass is 271 g/mol. The van der Waals surface area contributed by atoms with E-state index in [2.05, 4.69) is 15.3 Å².